The second-order valence-corrected chi connectivity index (χ2v) is 8.83. The molecule has 0 aliphatic carbocycles. The Hall–Kier alpha value is -4.30. The topological polar surface area (TPSA) is 111 Å². The van der Waals surface area contributed by atoms with Crippen molar-refractivity contribution < 1.29 is 18.8 Å². The van der Waals surface area contributed by atoms with E-state index in [9.17, 15) is 19.2 Å². The molecule has 0 saturated carbocycles. The maximum atomic E-state index is 13.6. The van der Waals surface area contributed by atoms with Crippen LogP contribution in [0.4, 0.5) is 4.39 Å². The van der Waals surface area contributed by atoms with E-state index in [4.69, 9.17) is 9.57 Å². The second-order valence-electron chi connectivity index (χ2n) is 8.83. The number of nitrogens with one attached hydrogen (secondary N) is 2. The second kappa shape index (κ2) is 12.3. The molecular weight excluding hydrogens is 489 g/mol. The Morgan fingerprint density at radius 2 is 1.84 bits per heavy atom. The molecule has 1 amide bonds. The standard InChI is InChI=1S/C28H28FN5O4/c1-37-19-28(27(36)34(38-20-29)18-25-6-3-2-5-24(25)16-30)12-14-33(32-28)17-22-10-8-21(9-11-22)15-23-7-4-13-31-26(23)35/h2-14,32H,15,17-20H2,1H3,(H,31,35). The van der Waals surface area contributed by atoms with Gasteiger partial charge >= 0.3 is 0 Å². The molecule has 2 heterocycles. The predicted octanol–water partition coefficient (Wildman–Crippen LogP) is 2.94. The summed E-state index contributed by atoms with van der Waals surface area (Å²) in [6.07, 6.45) is 5.50. The molecule has 1 aromatic heterocycles. The van der Waals surface area contributed by atoms with Crippen LogP contribution in [0.1, 0.15) is 27.8 Å². The number of halogens is 1. The van der Waals surface area contributed by atoms with Crippen LogP contribution in [0.2, 0.25) is 0 Å². The molecule has 1 aliphatic rings. The van der Waals surface area contributed by atoms with E-state index in [-0.39, 0.29) is 18.7 Å². The zero-order valence-corrected chi connectivity index (χ0v) is 20.9. The van der Waals surface area contributed by atoms with Gasteiger partial charge < -0.3 is 14.7 Å². The number of rotatable bonds is 11. The molecule has 1 atom stereocenters. The zero-order valence-electron chi connectivity index (χ0n) is 20.9. The summed E-state index contributed by atoms with van der Waals surface area (Å²) in [6.45, 7) is -0.921. The van der Waals surface area contributed by atoms with Crippen LogP contribution in [0, 0.1) is 11.3 Å². The molecular formula is C28H28FN5O4. The van der Waals surface area contributed by atoms with Crippen molar-refractivity contribution in [3.05, 3.63) is 117 Å². The SMILES string of the molecule is COCC1(C(=O)N(Cc2ccccc2C#N)OCF)C=CN(Cc2ccc(Cc3ccc[nH]c3=O)cc2)N1. The number of hydrogen-bond acceptors (Lipinski definition) is 7. The van der Waals surface area contributed by atoms with Gasteiger partial charge in [0.1, 0.15) is 0 Å². The number of hydrogen-bond donors (Lipinski definition) is 2. The summed E-state index contributed by atoms with van der Waals surface area (Å²) in [5, 5.41) is 12.0. The van der Waals surface area contributed by atoms with Gasteiger partial charge in [-0.05, 0) is 34.9 Å². The van der Waals surface area contributed by atoms with Crippen LogP contribution in [-0.4, -0.2) is 47.1 Å². The number of hydrazine groups is 1. The number of pyridine rings is 1. The quantitative estimate of drug-likeness (QED) is 0.376. The van der Waals surface area contributed by atoms with E-state index < -0.39 is 18.3 Å². The van der Waals surface area contributed by atoms with Gasteiger partial charge in [0.25, 0.3) is 11.5 Å². The zero-order chi connectivity index (χ0) is 27.0. The lowest BCUT2D eigenvalue weighted by molar-refractivity contribution is -0.211. The Morgan fingerprint density at radius 3 is 2.55 bits per heavy atom. The fourth-order valence-corrected chi connectivity index (χ4v) is 4.28. The minimum absolute atomic E-state index is 0.0323. The molecule has 4 rings (SSSR count). The summed E-state index contributed by atoms with van der Waals surface area (Å²) in [5.41, 5.74) is 5.26. The molecule has 0 spiro atoms. The van der Waals surface area contributed by atoms with Crippen LogP contribution in [0.25, 0.3) is 0 Å². The highest BCUT2D eigenvalue weighted by Gasteiger charge is 2.44. The number of carbonyl (C=O) groups is 1. The number of amides is 1. The van der Waals surface area contributed by atoms with Crippen LogP contribution in [0.5, 0.6) is 0 Å². The number of nitriles is 1. The summed E-state index contributed by atoms with van der Waals surface area (Å²) in [6, 6.07) is 20.2. The van der Waals surface area contributed by atoms with E-state index in [1.54, 1.807) is 59.9 Å². The lowest BCUT2D eigenvalue weighted by Crippen LogP contribution is -2.60. The number of methoxy groups -OCH3 is 1. The van der Waals surface area contributed by atoms with Crippen LogP contribution in [-0.2, 0) is 33.9 Å². The van der Waals surface area contributed by atoms with Crippen molar-refractivity contribution >= 4 is 5.91 Å². The number of nitrogens with zero attached hydrogens (tertiary/aromatic N) is 3. The number of alkyl halides is 1. The Bertz CT molecular complexity index is 1380. The van der Waals surface area contributed by atoms with Crippen molar-refractivity contribution in [2.45, 2.75) is 25.0 Å². The summed E-state index contributed by atoms with van der Waals surface area (Å²) >= 11 is 0. The summed E-state index contributed by atoms with van der Waals surface area (Å²) in [5.74, 6) is -0.563. The molecule has 9 nitrogen and oxygen atoms in total. The smallest absolute Gasteiger partial charge is 0.275 e. The predicted molar refractivity (Wildman–Crippen MR) is 138 cm³/mol. The molecule has 10 heteroatoms. The summed E-state index contributed by atoms with van der Waals surface area (Å²) in [7, 11) is 1.47. The normalized spacial score (nSPS) is 16.4. The molecule has 2 aromatic carbocycles. The highest BCUT2D eigenvalue weighted by molar-refractivity contribution is 5.88. The first-order valence-electron chi connectivity index (χ1n) is 11.9. The Morgan fingerprint density at radius 1 is 1.11 bits per heavy atom. The number of benzene rings is 2. The molecule has 3 aromatic rings. The maximum Gasteiger partial charge on any atom is 0.275 e. The number of carbonyl (C=O) groups excluding carboxylic acids is 1. The van der Waals surface area contributed by atoms with Crippen LogP contribution >= 0.6 is 0 Å². The van der Waals surface area contributed by atoms with Gasteiger partial charge in [-0.2, -0.15) is 5.26 Å². The molecule has 1 aliphatic heterocycles. The Kier molecular flexibility index (Phi) is 8.66. The van der Waals surface area contributed by atoms with Crippen molar-refractivity contribution in [1.29, 1.82) is 5.26 Å². The van der Waals surface area contributed by atoms with Crippen LogP contribution in [0.3, 0.4) is 0 Å². The molecule has 0 fully saturated rings. The van der Waals surface area contributed by atoms with Gasteiger partial charge in [0.15, 0.2) is 5.54 Å². The number of aromatic amines is 1. The van der Waals surface area contributed by atoms with Crippen LogP contribution in [0.15, 0.2) is 83.9 Å². The molecule has 38 heavy (non-hydrogen) atoms. The number of aromatic nitrogens is 1. The third-order valence-corrected chi connectivity index (χ3v) is 6.19. The fourth-order valence-electron chi connectivity index (χ4n) is 4.28. The van der Waals surface area contributed by atoms with Gasteiger partial charge in [-0.1, -0.05) is 48.5 Å². The van der Waals surface area contributed by atoms with E-state index in [1.165, 1.54) is 7.11 Å². The van der Waals surface area contributed by atoms with E-state index in [1.807, 2.05) is 24.3 Å². The van der Waals surface area contributed by atoms with Gasteiger partial charge in [-0.15, -0.1) is 0 Å². The van der Waals surface area contributed by atoms with Crippen molar-refractivity contribution in [2.75, 3.05) is 20.6 Å². The van der Waals surface area contributed by atoms with Gasteiger partial charge in [-0.3, -0.25) is 9.59 Å². The molecule has 0 saturated heterocycles. The van der Waals surface area contributed by atoms with Crippen molar-refractivity contribution in [1.82, 2.24) is 20.5 Å². The van der Waals surface area contributed by atoms with Crippen LogP contribution < -0.4 is 11.0 Å². The number of H-pyrrole nitrogens is 1. The minimum Gasteiger partial charge on any atom is -0.382 e. The van der Waals surface area contributed by atoms with Crippen molar-refractivity contribution in [3.63, 3.8) is 0 Å². The first kappa shape index (κ1) is 26.8. The Balaban J connectivity index is 1.45. The van der Waals surface area contributed by atoms with E-state index in [0.717, 1.165) is 16.2 Å². The largest absolute Gasteiger partial charge is 0.382 e. The average Bonchev–Trinajstić information content (AvgIpc) is 3.34. The van der Waals surface area contributed by atoms with Gasteiger partial charge in [0.05, 0.1) is 31.3 Å². The van der Waals surface area contributed by atoms with E-state index >= 15 is 0 Å². The molecule has 196 valence electrons. The molecule has 1 unspecified atom stereocenters. The summed E-state index contributed by atoms with van der Waals surface area (Å²) < 4.78 is 18.6. The van der Waals surface area contributed by atoms with Gasteiger partial charge in [0, 0.05) is 31.5 Å². The lowest BCUT2D eigenvalue weighted by atomic mass is 10.0. The maximum absolute atomic E-state index is 13.6. The van der Waals surface area contributed by atoms with Crippen molar-refractivity contribution in [3.8, 4) is 6.07 Å². The molecule has 2 N–H and O–H groups in total. The minimum atomic E-state index is -1.33. The average molecular weight is 518 g/mol. The highest BCUT2D eigenvalue weighted by atomic mass is 19.1. The molecule has 0 bridgehead atoms. The van der Waals surface area contributed by atoms with Crippen molar-refractivity contribution in [2.24, 2.45) is 0 Å². The molecule has 0 radical (unpaired) electrons. The van der Waals surface area contributed by atoms with Gasteiger partial charge in [-0.25, -0.2) is 19.7 Å². The van der Waals surface area contributed by atoms with E-state index in [0.29, 0.717) is 29.7 Å². The van der Waals surface area contributed by atoms with Gasteiger partial charge in [0.2, 0.25) is 6.86 Å². The summed E-state index contributed by atoms with van der Waals surface area (Å²) in [4.78, 5) is 33.3. The fraction of sp³-hybridized carbons (Fsp3) is 0.250. The monoisotopic (exact) mass is 517 g/mol. The number of hydroxylamine groups is 2. The van der Waals surface area contributed by atoms with E-state index in [2.05, 4.69) is 16.5 Å². The third-order valence-electron chi connectivity index (χ3n) is 6.19. The third kappa shape index (κ3) is 6.15. The Labute approximate surface area is 219 Å². The highest BCUT2D eigenvalue weighted by Crippen LogP contribution is 2.23. The first-order chi connectivity index (χ1) is 18.5. The lowest BCUT2D eigenvalue weighted by Gasteiger charge is -2.33. The number of ether oxygens (including phenoxy) is 1. The first-order valence-corrected chi connectivity index (χ1v) is 11.9.